The quantitative estimate of drug-likeness (QED) is 0.433. The van der Waals surface area contributed by atoms with E-state index in [1.165, 1.54) is 31.4 Å². The molecule has 0 saturated heterocycles. The number of anilines is 1. The summed E-state index contributed by atoms with van der Waals surface area (Å²) >= 11 is 0. The van der Waals surface area contributed by atoms with Crippen LogP contribution in [0.3, 0.4) is 0 Å². The Hall–Kier alpha value is -3.30. The van der Waals surface area contributed by atoms with Gasteiger partial charge in [-0.25, -0.2) is 0 Å². The summed E-state index contributed by atoms with van der Waals surface area (Å²) in [4.78, 5) is 10.6. The Labute approximate surface area is 152 Å². The Kier molecular flexibility index (Phi) is 6.22. The second-order valence-corrected chi connectivity index (χ2v) is 5.20. The van der Waals surface area contributed by atoms with Crippen molar-refractivity contribution in [2.24, 2.45) is 5.10 Å². The van der Waals surface area contributed by atoms with Crippen LogP contribution in [0.5, 0.6) is 11.5 Å². The maximum absolute atomic E-state index is 12.7. The third kappa shape index (κ3) is 5.09. The highest BCUT2D eigenvalue weighted by molar-refractivity contribution is 5.87. The average Bonchev–Trinajstić information content (AvgIpc) is 2.61. The van der Waals surface area contributed by atoms with E-state index in [2.05, 4.69) is 10.5 Å². The van der Waals surface area contributed by atoms with Crippen molar-refractivity contribution < 1.29 is 27.6 Å². The Bertz CT molecular complexity index is 854. The van der Waals surface area contributed by atoms with Crippen molar-refractivity contribution in [3.05, 3.63) is 57.6 Å². The maximum Gasteiger partial charge on any atom is 0.416 e. The van der Waals surface area contributed by atoms with E-state index in [1.54, 1.807) is 6.92 Å². The van der Waals surface area contributed by atoms with E-state index in [0.717, 1.165) is 18.3 Å². The molecule has 2 rings (SSSR count). The molecule has 1 N–H and O–H groups in total. The van der Waals surface area contributed by atoms with Gasteiger partial charge in [0.1, 0.15) is 0 Å². The van der Waals surface area contributed by atoms with Crippen molar-refractivity contribution in [3.63, 3.8) is 0 Å². The molecule has 27 heavy (non-hydrogen) atoms. The SMILES string of the molecule is CCOc1cc(C=NNc2cccc(C(F)(F)F)c2)c([N+](=O)[O-])cc1OC. The molecule has 2 aromatic carbocycles. The number of alkyl halides is 3. The molecule has 7 nitrogen and oxygen atoms in total. The molecule has 144 valence electrons. The first-order valence-corrected chi connectivity index (χ1v) is 7.71. The molecular formula is C17H16F3N3O4. The van der Waals surface area contributed by atoms with Gasteiger partial charge in [0.05, 0.1) is 47.7 Å². The molecule has 0 bridgehead atoms. The van der Waals surface area contributed by atoms with E-state index in [-0.39, 0.29) is 28.4 Å². The predicted octanol–water partition coefficient (Wildman–Crippen LogP) is 4.47. The zero-order valence-electron chi connectivity index (χ0n) is 14.4. The third-order valence-electron chi connectivity index (χ3n) is 3.40. The van der Waals surface area contributed by atoms with Gasteiger partial charge in [0.2, 0.25) is 0 Å². The van der Waals surface area contributed by atoms with Crippen LogP contribution in [0, 0.1) is 10.1 Å². The van der Waals surface area contributed by atoms with E-state index < -0.39 is 16.7 Å². The van der Waals surface area contributed by atoms with E-state index >= 15 is 0 Å². The summed E-state index contributed by atoms with van der Waals surface area (Å²) in [6, 6.07) is 6.99. The number of benzene rings is 2. The average molecular weight is 383 g/mol. The molecule has 0 aliphatic rings. The second-order valence-electron chi connectivity index (χ2n) is 5.20. The van der Waals surface area contributed by atoms with Gasteiger partial charge in [-0.2, -0.15) is 18.3 Å². The van der Waals surface area contributed by atoms with Gasteiger partial charge in [-0.05, 0) is 31.2 Å². The highest BCUT2D eigenvalue weighted by atomic mass is 19.4. The van der Waals surface area contributed by atoms with Crippen LogP contribution in [0.2, 0.25) is 0 Å². The van der Waals surface area contributed by atoms with Gasteiger partial charge < -0.3 is 9.47 Å². The lowest BCUT2D eigenvalue weighted by Crippen LogP contribution is -2.05. The monoisotopic (exact) mass is 383 g/mol. The minimum Gasteiger partial charge on any atom is -0.493 e. The van der Waals surface area contributed by atoms with E-state index in [9.17, 15) is 23.3 Å². The fraction of sp³-hybridized carbons (Fsp3) is 0.235. The first-order valence-electron chi connectivity index (χ1n) is 7.71. The van der Waals surface area contributed by atoms with E-state index in [0.29, 0.717) is 6.61 Å². The molecular weight excluding hydrogens is 367 g/mol. The zero-order valence-corrected chi connectivity index (χ0v) is 14.4. The summed E-state index contributed by atoms with van der Waals surface area (Å²) < 4.78 is 48.6. The van der Waals surface area contributed by atoms with Crippen LogP contribution in [-0.4, -0.2) is 24.9 Å². The highest BCUT2D eigenvalue weighted by Gasteiger charge is 2.30. The number of nitrogens with one attached hydrogen (secondary N) is 1. The van der Waals surface area contributed by atoms with Crippen LogP contribution in [0.4, 0.5) is 24.5 Å². The van der Waals surface area contributed by atoms with Crippen LogP contribution in [0.25, 0.3) is 0 Å². The molecule has 0 radical (unpaired) electrons. The Morgan fingerprint density at radius 3 is 2.59 bits per heavy atom. The molecule has 0 aromatic heterocycles. The molecule has 0 aliphatic heterocycles. The van der Waals surface area contributed by atoms with Crippen molar-refractivity contribution >= 4 is 17.6 Å². The molecule has 0 unspecified atom stereocenters. The number of hydrogen-bond acceptors (Lipinski definition) is 6. The number of ether oxygens (including phenoxy) is 2. The van der Waals surface area contributed by atoms with Gasteiger partial charge in [-0.1, -0.05) is 6.07 Å². The number of methoxy groups -OCH3 is 1. The Morgan fingerprint density at radius 2 is 2.00 bits per heavy atom. The predicted molar refractivity (Wildman–Crippen MR) is 93.5 cm³/mol. The number of nitro benzene ring substituents is 1. The third-order valence-corrected chi connectivity index (χ3v) is 3.40. The second kappa shape index (κ2) is 8.39. The standard InChI is InChI=1S/C17H16F3N3O4/c1-3-27-16-7-11(14(23(24)25)9-15(16)26-2)10-21-22-13-6-4-5-12(8-13)17(18,19)20/h4-10,22H,3H2,1-2H3. The van der Waals surface area contributed by atoms with E-state index in [1.807, 2.05) is 0 Å². The molecule has 0 spiro atoms. The summed E-state index contributed by atoms with van der Waals surface area (Å²) in [5.41, 5.74) is 1.49. The Morgan fingerprint density at radius 1 is 1.26 bits per heavy atom. The van der Waals surface area contributed by atoms with Gasteiger partial charge in [-0.3, -0.25) is 15.5 Å². The molecule has 10 heteroatoms. The van der Waals surface area contributed by atoms with Crippen LogP contribution in [0.15, 0.2) is 41.5 Å². The topological polar surface area (TPSA) is 86.0 Å². The number of nitrogens with zero attached hydrogens (tertiary/aromatic N) is 2. The van der Waals surface area contributed by atoms with Gasteiger partial charge in [0, 0.05) is 0 Å². The fourth-order valence-electron chi connectivity index (χ4n) is 2.20. The smallest absolute Gasteiger partial charge is 0.416 e. The van der Waals surface area contributed by atoms with Crippen molar-refractivity contribution in [3.8, 4) is 11.5 Å². The summed E-state index contributed by atoms with van der Waals surface area (Å²) in [5, 5.41) is 15.0. The lowest BCUT2D eigenvalue weighted by molar-refractivity contribution is -0.385. The molecule has 0 saturated carbocycles. The van der Waals surface area contributed by atoms with Gasteiger partial charge in [0.25, 0.3) is 5.69 Å². The molecule has 0 atom stereocenters. The fourth-order valence-corrected chi connectivity index (χ4v) is 2.20. The van der Waals surface area contributed by atoms with Crippen molar-refractivity contribution in [2.75, 3.05) is 19.1 Å². The van der Waals surface area contributed by atoms with Gasteiger partial charge in [-0.15, -0.1) is 0 Å². The normalized spacial score (nSPS) is 11.4. The van der Waals surface area contributed by atoms with Crippen molar-refractivity contribution in [1.82, 2.24) is 0 Å². The molecule has 0 amide bonds. The first-order chi connectivity index (χ1) is 12.8. The van der Waals surface area contributed by atoms with Crippen LogP contribution in [-0.2, 0) is 6.18 Å². The van der Waals surface area contributed by atoms with Crippen molar-refractivity contribution in [2.45, 2.75) is 13.1 Å². The van der Waals surface area contributed by atoms with E-state index in [4.69, 9.17) is 9.47 Å². The number of rotatable bonds is 7. The van der Waals surface area contributed by atoms with Gasteiger partial charge in [0.15, 0.2) is 11.5 Å². The summed E-state index contributed by atoms with van der Waals surface area (Å²) in [6.45, 7) is 2.05. The van der Waals surface area contributed by atoms with Crippen LogP contribution in [0.1, 0.15) is 18.1 Å². The number of nitro groups is 1. The maximum atomic E-state index is 12.7. The number of hydrogen-bond donors (Lipinski definition) is 1. The molecule has 0 heterocycles. The molecule has 0 aliphatic carbocycles. The number of hydrazone groups is 1. The minimum absolute atomic E-state index is 0.0854. The minimum atomic E-state index is -4.48. The van der Waals surface area contributed by atoms with Crippen LogP contribution >= 0.6 is 0 Å². The molecule has 0 fully saturated rings. The van der Waals surface area contributed by atoms with Crippen LogP contribution < -0.4 is 14.9 Å². The first kappa shape index (κ1) is 20.0. The lowest BCUT2D eigenvalue weighted by Gasteiger charge is -2.10. The highest BCUT2D eigenvalue weighted by Crippen LogP contribution is 2.34. The largest absolute Gasteiger partial charge is 0.493 e. The molecule has 2 aromatic rings. The van der Waals surface area contributed by atoms with Crippen molar-refractivity contribution in [1.29, 1.82) is 0 Å². The number of halogens is 3. The summed E-state index contributed by atoms with van der Waals surface area (Å²) in [5.74, 6) is 0.470. The Balaban J connectivity index is 2.30. The summed E-state index contributed by atoms with van der Waals surface area (Å²) in [6.07, 6.45) is -3.36. The summed E-state index contributed by atoms with van der Waals surface area (Å²) in [7, 11) is 1.35. The zero-order chi connectivity index (χ0) is 20.0. The van der Waals surface area contributed by atoms with Gasteiger partial charge >= 0.3 is 6.18 Å². The lowest BCUT2D eigenvalue weighted by atomic mass is 10.1.